The number of hydrogen-bond acceptors (Lipinski definition) is 6. The van der Waals surface area contributed by atoms with Gasteiger partial charge in [0, 0.05) is 5.39 Å². The van der Waals surface area contributed by atoms with Crippen LogP contribution in [0.3, 0.4) is 0 Å². The number of aromatic hydroxyl groups is 2. The Morgan fingerprint density at radius 1 is 0.773 bits per heavy atom. The van der Waals surface area contributed by atoms with Gasteiger partial charge in [-0.25, -0.2) is 0 Å². The van der Waals surface area contributed by atoms with Gasteiger partial charge < -0.3 is 10.2 Å². The Balaban J connectivity index is 0.00000220. The predicted molar refractivity (Wildman–Crippen MR) is 81.2 cm³/mol. The third-order valence-corrected chi connectivity index (χ3v) is 4.31. The molecule has 0 bridgehead atoms. The third kappa shape index (κ3) is 4.35. The molecule has 0 aliphatic rings. The van der Waals surface area contributed by atoms with Crippen LogP contribution in [0.25, 0.3) is 10.8 Å². The summed E-state index contributed by atoms with van der Waals surface area (Å²) in [7, 11) is -9.34. The molecule has 2 rings (SSSR count). The average Bonchev–Trinajstić information content (AvgIpc) is 2.30. The number of benzene rings is 2. The fourth-order valence-electron chi connectivity index (χ4n) is 1.69. The average molecular weight is 368 g/mol. The molecule has 0 saturated carbocycles. The number of fused-ring (bicyclic) bond motifs is 1. The molecule has 0 amide bonds. The second-order valence-corrected chi connectivity index (χ2v) is 6.72. The zero-order chi connectivity index (χ0) is 15.3. The van der Waals surface area contributed by atoms with E-state index in [1.165, 1.54) is 0 Å². The summed E-state index contributed by atoms with van der Waals surface area (Å²) in [5, 5.41) is 19.0. The van der Waals surface area contributed by atoms with E-state index in [1.807, 2.05) is 0 Å². The van der Waals surface area contributed by atoms with Gasteiger partial charge in [-0.3, -0.25) is 9.11 Å². The molecule has 0 unspecified atom stereocenters. The fraction of sp³-hybridized carbons (Fsp3) is 0. The molecule has 8 nitrogen and oxygen atoms in total. The van der Waals surface area contributed by atoms with Crippen LogP contribution >= 0.6 is 0 Å². The summed E-state index contributed by atoms with van der Waals surface area (Å²) in [6.45, 7) is 0. The van der Waals surface area contributed by atoms with E-state index < -0.39 is 41.5 Å². The summed E-state index contributed by atoms with van der Waals surface area (Å²) < 4.78 is 61.9. The van der Waals surface area contributed by atoms with Crippen molar-refractivity contribution in [1.29, 1.82) is 0 Å². The zero-order valence-corrected chi connectivity index (χ0v) is 11.2. The van der Waals surface area contributed by atoms with E-state index in [-0.39, 0.29) is 69.9 Å². The number of hydrogen-bond donors (Lipinski definition) is 4. The molecular formula is C10H10Na2O8S2. The maximum absolute atomic E-state index is 11.0. The van der Waals surface area contributed by atoms with Gasteiger partial charge in [0.15, 0.2) is 11.5 Å². The minimum absolute atomic E-state index is 0. The molecule has 12 heteroatoms. The first-order valence-electron chi connectivity index (χ1n) is 4.95. The number of rotatable bonds is 2. The van der Waals surface area contributed by atoms with Crippen molar-refractivity contribution in [2.45, 2.75) is 9.79 Å². The molecule has 0 heterocycles. The molecule has 0 atom stereocenters. The Bertz CT molecular complexity index is 922. The van der Waals surface area contributed by atoms with Crippen molar-refractivity contribution in [2.24, 2.45) is 0 Å². The van der Waals surface area contributed by atoms with Gasteiger partial charge in [0.1, 0.15) is 4.90 Å². The summed E-state index contributed by atoms with van der Waals surface area (Å²) in [4.78, 5) is -1.51. The van der Waals surface area contributed by atoms with Crippen molar-refractivity contribution in [3.63, 3.8) is 0 Å². The normalized spacial score (nSPS) is 11.5. The van der Waals surface area contributed by atoms with E-state index in [9.17, 15) is 27.0 Å². The molecule has 112 valence electrons. The van der Waals surface area contributed by atoms with Gasteiger partial charge in [-0.1, -0.05) is 0 Å². The molecule has 0 fully saturated rings. The molecule has 2 aromatic rings. The molecule has 0 aliphatic heterocycles. The summed E-state index contributed by atoms with van der Waals surface area (Å²) in [5.74, 6) is -1.89. The van der Waals surface area contributed by atoms with Crippen molar-refractivity contribution < 1.29 is 36.2 Å². The SMILES string of the molecule is O=S(=O)(O)c1ccc2c(O)c(O)c(S(=O)(=O)O)cc2c1.[NaH].[NaH]. The topological polar surface area (TPSA) is 149 Å². The molecule has 22 heavy (non-hydrogen) atoms. The quantitative estimate of drug-likeness (QED) is 0.313. The molecule has 0 aromatic heterocycles. The Labute approximate surface area is 170 Å². The van der Waals surface area contributed by atoms with Crippen LogP contribution in [0, 0.1) is 0 Å². The molecular weight excluding hydrogens is 358 g/mol. The van der Waals surface area contributed by atoms with Crippen molar-refractivity contribution >= 4 is 90.1 Å². The minimum atomic E-state index is -4.82. The zero-order valence-electron chi connectivity index (χ0n) is 9.55. The Morgan fingerprint density at radius 3 is 1.77 bits per heavy atom. The Kier molecular flexibility index (Phi) is 7.38. The second-order valence-electron chi connectivity index (χ2n) is 3.90. The molecule has 0 saturated heterocycles. The monoisotopic (exact) mass is 368 g/mol. The predicted octanol–water partition coefficient (Wildman–Crippen LogP) is -0.553. The van der Waals surface area contributed by atoms with E-state index in [4.69, 9.17) is 9.11 Å². The summed E-state index contributed by atoms with van der Waals surface area (Å²) in [5.41, 5.74) is 0. The van der Waals surface area contributed by atoms with Crippen molar-refractivity contribution in [3.05, 3.63) is 24.3 Å². The van der Waals surface area contributed by atoms with E-state index in [1.54, 1.807) is 0 Å². The van der Waals surface area contributed by atoms with Gasteiger partial charge in [-0.2, -0.15) is 16.8 Å². The van der Waals surface area contributed by atoms with Crippen molar-refractivity contribution in [2.75, 3.05) is 0 Å². The van der Waals surface area contributed by atoms with Crippen molar-refractivity contribution in [1.82, 2.24) is 0 Å². The third-order valence-electron chi connectivity index (χ3n) is 2.60. The Morgan fingerprint density at radius 2 is 1.32 bits per heavy atom. The van der Waals surface area contributed by atoms with Gasteiger partial charge in [-0.05, 0) is 29.7 Å². The molecule has 0 radical (unpaired) electrons. The van der Waals surface area contributed by atoms with E-state index >= 15 is 0 Å². The van der Waals surface area contributed by atoms with E-state index in [0.717, 1.165) is 24.3 Å². The van der Waals surface area contributed by atoms with Crippen LogP contribution in [0.1, 0.15) is 0 Å². The van der Waals surface area contributed by atoms with Crippen LogP contribution < -0.4 is 0 Å². The van der Waals surface area contributed by atoms with Gasteiger partial charge in [0.2, 0.25) is 0 Å². The number of phenolic OH excluding ortho intramolecular Hbond substituents is 2. The van der Waals surface area contributed by atoms with Gasteiger partial charge in [0.25, 0.3) is 20.2 Å². The molecule has 0 aliphatic carbocycles. The van der Waals surface area contributed by atoms with Crippen LogP contribution in [0.15, 0.2) is 34.1 Å². The molecule has 4 N–H and O–H groups in total. The van der Waals surface area contributed by atoms with Gasteiger partial charge in [-0.15, -0.1) is 0 Å². The van der Waals surface area contributed by atoms with Crippen LogP contribution in [-0.4, -0.2) is 95.3 Å². The first-order chi connectivity index (χ1) is 9.01. The van der Waals surface area contributed by atoms with Gasteiger partial charge in [0.05, 0.1) is 4.90 Å². The summed E-state index contributed by atoms with van der Waals surface area (Å²) >= 11 is 0. The second kappa shape index (κ2) is 7.34. The Hall–Kier alpha value is 0.120. The van der Waals surface area contributed by atoms with Crippen LogP contribution in [0.5, 0.6) is 11.5 Å². The molecule has 0 spiro atoms. The van der Waals surface area contributed by atoms with Crippen molar-refractivity contribution in [3.8, 4) is 11.5 Å². The van der Waals surface area contributed by atoms with Crippen LogP contribution in [-0.2, 0) is 20.2 Å². The van der Waals surface area contributed by atoms with Crippen LogP contribution in [0.4, 0.5) is 0 Å². The first-order valence-corrected chi connectivity index (χ1v) is 7.83. The number of phenols is 2. The van der Waals surface area contributed by atoms with E-state index in [0.29, 0.717) is 0 Å². The standard InChI is InChI=1S/C10H8O8S2.2Na.2H/c11-9-7-2-1-6(19(13,14)15)3-5(7)4-8(10(9)12)20(16,17)18;;;;/h1-4,11-12H,(H,13,14,15)(H,16,17,18);;;;. The molecule has 2 aromatic carbocycles. The summed E-state index contributed by atoms with van der Waals surface area (Å²) in [6, 6.07) is 3.69. The van der Waals surface area contributed by atoms with Crippen LogP contribution in [0.2, 0.25) is 0 Å². The summed E-state index contributed by atoms with van der Waals surface area (Å²) in [6.07, 6.45) is 0. The van der Waals surface area contributed by atoms with Gasteiger partial charge >= 0.3 is 59.1 Å². The first kappa shape index (κ1) is 22.1. The maximum atomic E-state index is 11.0. The fourth-order valence-corrected chi connectivity index (χ4v) is 2.82. The van der Waals surface area contributed by atoms with E-state index in [2.05, 4.69) is 0 Å².